The summed E-state index contributed by atoms with van der Waals surface area (Å²) >= 11 is 0. The Morgan fingerprint density at radius 3 is 2.05 bits per heavy atom. The van der Waals surface area contributed by atoms with Crippen molar-refractivity contribution in [3.8, 4) is 5.75 Å². The molecular formula is C56H91N7O14. The molecule has 77 heavy (non-hydrogen) atoms. The molecule has 0 aliphatic carbocycles. The van der Waals surface area contributed by atoms with Crippen molar-refractivity contribution in [2.75, 3.05) is 27.7 Å². The minimum absolute atomic E-state index is 0.0787. The van der Waals surface area contributed by atoms with E-state index < -0.39 is 144 Å². The molecule has 5 N–H and O–H groups in total. The molecular weight excluding hydrogens is 995 g/mol. The van der Waals surface area contributed by atoms with Crippen LogP contribution in [-0.2, 0) is 59.0 Å². The standard InChI is InChI=1S/C56H91N7O14/c1-18-34(10)45-42(64)29-43(65)76-47(33(8)9)50(68)57-38(26-30(2)3)51(69)63-25-19-20-39(63)52(70)62(16)41(28-36-21-23-37(74-17)24-22-36)54(72)75-35(11)46(49(67)58-45)59-48(66)40(27-31(4)5)61(15)53(71)44(32(6)7)60-55(73)77-56(12,13)14/h21-24,30-35,38-42,44-47,64H,18-20,25-29H2,1-17H3,(H,57,68)(H,58,67)(H,59,66)(H,60,73)/t34-,35+,38-,39?,40+,41-,42-,44?,45+,46-,47-/m0/s1. The number of rotatable bonds is 16. The number of amides is 7. The number of aliphatic hydroxyl groups excluding tert-OH is 1. The summed E-state index contributed by atoms with van der Waals surface area (Å²) in [5, 5.41) is 22.8. The summed E-state index contributed by atoms with van der Waals surface area (Å²) in [7, 11) is 4.33. The molecule has 2 fully saturated rings. The smallest absolute Gasteiger partial charge is 0.408 e. The molecule has 3 rings (SSSR count). The Hall–Kier alpha value is -5.99. The molecule has 2 saturated heterocycles. The van der Waals surface area contributed by atoms with Gasteiger partial charge in [0.2, 0.25) is 29.5 Å². The van der Waals surface area contributed by atoms with Crippen molar-refractivity contribution in [3.63, 3.8) is 0 Å². The van der Waals surface area contributed by atoms with Gasteiger partial charge < -0.3 is 60.0 Å². The van der Waals surface area contributed by atoms with Crippen LogP contribution in [0, 0.1) is 29.6 Å². The Balaban J connectivity index is 2.27. The number of cyclic esters (lactones) is 2. The Labute approximate surface area is 456 Å². The number of nitrogens with zero attached hydrogens (tertiary/aromatic N) is 3. The summed E-state index contributed by atoms with van der Waals surface area (Å²) in [6, 6.07) is -2.06. The van der Waals surface area contributed by atoms with Gasteiger partial charge in [0.25, 0.3) is 5.91 Å². The van der Waals surface area contributed by atoms with Gasteiger partial charge in [0.05, 0.1) is 25.7 Å². The summed E-state index contributed by atoms with van der Waals surface area (Å²) < 4.78 is 22.7. The predicted octanol–water partition coefficient (Wildman–Crippen LogP) is 4.29. The molecule has 0 bridgehead atoms. The van der Waals surface area contributed by atoms with E-state index in [1.807, 2.05) is 27.7 Å². The van der Waals surface area contributed by atoms with E-state index in [-0.39, 0.29) is 44.1 Å². The largest absolute Gasteiger partial charge is 0.497 e. The lowest BCUT2D eigenvalue weighted by Gasteiger charge is -2.36. The highest BCUT2D eigenvalue weighted by molar-refractivity contribution is 5.96. The van der Waals surface area contributed by atoms with Gasteiger partial charge >= 0.3 is 18.0 Å². The maximum Gasteiger partial charge on any atom is 0.408 e. The highest BCUT2D eigenvalue weighted by Crippen LogP contribution is 2.26. The van der Waals surface area contributed by atoms with Crippen LogP contribution in [0.1, 0.15) is 141 Å². The van der Waals surface area contributed by atoms with Gasteiger partial charge in [-0.25, -0.2) is 9.59 Å². The summed E-state index contributed by atoms with van der Waals surface area (Å²) in [6.45, 7) is 24.3. The van der Waals surface area contributed by atoms with E-state index in [9.17, 15) is 48.3 Å². The molecule has 1 aromatic rings. The predicted molar refractivity (Wildman–Crippen MR) is 288 cm³/mol. The van der Waals surface area contributed by atoms with Gasteiger partial charge in [-0.1, -0.05) is 87.8 Å². The number of ether oxygens (including phenoxy) is 4. The third-order valence-electron chi connectivity index (χ3n) is 14.1. The van der Waals surface area contributed by atoms with Gasteiger partial charge in [-0.05, 0) is 101 Å². The highest BCUT2D eigenvalue weighted by atomic mass is 16.6. The maximum absolute atomic E-state index is 15.0. The van der Waals surface area contributed by atoms with E-state index in [1.165, 1.54) is 42.8 Å². The van der Waals surface area contributed by atoms with E-state index in [0.717, 1.165) is 0 Å². The molecule has 7 amide bonds. The summed E-state index contributed by atoms with van der Waals surface area (Å²) in [4.78, 5) is 133. The fraction of sp³-hybridized carbons (Fsp3) is 0.732. The highest BCUT2D eigenvalue weighted by Gasteiger charge is 2.45. The van der Waals surface area contributed by atoms with Crippen LogP contribution in [0.4, 0.5) is 4.79 Å². The first-order valence-corrected chi connectivity index (χ1v) is 27.3. The number of nitrogens with one attached hydrogen (secondary N) is 4. The van der Waals surface area contributed by atoms with Gasteiger partial charge in [-0.2, -0.15) is 0 Å². The summed E-state index contributed by atoms with van der Waals surface area (Å²) in [6.07, 6.45) is -4.84. The average Bonchev–Trinajstić information content (AvgIpc) is 3.84. The second-order valence-electron chi connectivity index (χ2n) is 23.3. The van der Waals surface area contributed by atoms with Crippen molar-refractivity contribution >= 4 is 53.5 Å². The quantitative estimate of drug-likeness (QED) is 0.114. The Morgan fingerprint density at radius 1 is 0.896 bits per heavy atom. The van der Waals surface area contributed by atoms with Gasteiger partial charge in [0.1, 0.15) is 53.7 Å². The number of carbonyl (C=O) groups excluding carboxylic acids is 9. The van der Waals surface area contributed by atoms with Crippen LogP contribution in [0.25, 0.3) is 0 Å². The average molecular weight is 1090 g/mol. The minimum Gasteiger partial charge on any atom is -0.497 e. The molecule has 11 atom stereocenters. The van der Waals surface area contributed by atoms with Gasteiger partial charge in [-0.15, -0.1) is 0 Å². The maximum atomic E-state index is 15.0. The molecule has 21 nitrogen and oxygen atoms in total. The zero-order valence-electron chi connectivity index (χ0n) is 48.7. The third-order valence-corrected chi connectivity index (χ3v) is 14.1. The molecule has 0 radical (unpaired) electrons. The zero-order chi connectivity index (χ0) is 58.4. The number of hydrogen-bond acceptors (Lipinski definition) is 14. The molecule has 1 aromatic carbocycles. The number of methoxy groups -OCH3 is 1. The van der Waals surface area contributed by atoms with Crippen LogP contribution >= 0.6 is 0 Å². The van der Waals surface area contributed by atoms with Crippen molar-refractivity contribution in [2.45, 2.75) is 208 Å². The van der Waals surface area contributed by atoms with Crippen molar-refractivity contribution < 1.29 is 67.2 Å². The monoisotopic (exact) mass is 1090 g/mol. The molecule has 21 heteroatoms. The summed E-state index contributed by atoms with van der Waals surface area (Å²) in [5.41, 5.74) is -0.278. The van der Waals surface area contributed by atoms with E-state index in [1.54, 1.807) is 86.6 Å². The van der Waals surface area contributed by atoms with Crippen LogP contribution in [0.3, 0.4) is 0 Å². The first-order valence-electron chi connectivity index (χ1n) is 27.3. The molecule has 2 aliphatic rings. The van der Waals surface area contributed by atoms with E-state index in [0.29, 0.717) is 24.2 Å². The first kappa shape index (κ1) is 65.3. The lowest BCUT2D eigenvalue weighted by atomic mass is 9.92. The molecule has 0 saturated carbocycles. The first-order chi connectivity index (χ1) is 35.8. The number of esters is 2. The lowest BCUT2D eigenvalue weighted by Crippen LogP contribution is -2.62. The lowest BCUT2D eigenvalue weighted by molar-refractivity contribution is -0.162. The Bertz CT molecular complexity index is 2200. The van der Waals surface area contributed by atoms with Crippen LogP contribution in [0.2, 0.25) is 0 Å². The van der Waals surface area contributed by atoms with Crippen molar-refractivity contribution in [1.29, 1.82) is 0 Å². The van der Waals surface area contributed by atoms with E-state index in [2.05, 4.69) is 21.3 Å². The van der Waals surface area contributed by atoms with Crippen molar-refractivity contribution in [1.82, 2.24) is 36.0 Å². The number of fused-ring (bicyclic) bond motifs is 1. The molecule has 2 aliphatic heterocycles. The Kier molecular flexibility index (Phi) is 24.7. The van der Waals surface area contributed by atoms with Crippen LogP contribution < -0.4 is 26.0 Å². The van der Waals surface area contributed by atoms with E-state index in [4.69, 9.17) is 18.9 Å². The second kappa shape index (κ2) is 29.1. The van der Waals surface area contributed by atoms with Crippen LogP contribution in [-0.4, -0.2) is 167 Å². The molecule has 434 valence electrons. The number of alkyl carbamates (subject to hydrolysis) is 1. The number of aliphatic hydroxyl groups is 1. The second-order valence-corrected chi connectivity index (χ2v) is 23.3. The van der Waals surface area contributed by atoms with Crippen LogP contribution in [0.5, 0.6) is 5.75 Å². The summed E-state index contributed by atoms with van der Waals surface area (Å²) in [5.74, 6) is -7.54. The van der Waals surface area contributed by atoms with Gasteiger partial charge in [0.15, 0.2) is 6.10 Å². The Morgan fingerprint density at radius 2 is 1.52 bits per heavy atom. The van der Waals surface area contributed by atoms with Gasteiger partial charge in [0, 0.05) is 27.1 Å². The molecule has 0 spiro atoms. The van der Waals surface area contributed by atoms with E-state index >= 15 is 0 Å². The third kappa shape index (κ3) is 18.9. The minimum atomic E-state index is -1.73. The zero-order valence-corrected chi connectivity index (χ0v) is 48.7. The fourth-order valence-electron chi connectivity index (χ4n) is 9.48. The van der Waals surface area contributed by atoms with Crippen molar-refractivity contribution in [2.24, 2.45) is 29.6 Å². The fourth-order valence-corrected chi connectivity index (χ4v) is 9.48. The van der Waals surface area contributed by atoms with Crippen molar-refractivity contribution in [3.05, 3.63) is 29.8 Å². The van der Waals surface area contributed by atoms with Crippen LogP contribution in [0.15, 0.2) is 24.3 Å². The molecule has 2 unspecified atom stereocenters. The number of likely N-dealkylation sites (N-methyl/N-ethyl adjacent to an activating group) is 2. The molecule has 2 heterocycles. The van der Waals surface area contributed by atoms with Gasteiger partial charge in [-0.3, -0.25) is 33.6 Å². The number of hydrogen-bond donors (Lipinski definition) is 5. The normalized spacial score (nSPS) is 25.0. The molecule has 0 aromatic heterocycles. The number of carbonyl (C=O) groups is 9. The SMILES string of the molecule is CC[C@H](C)[C@H]1NC(=O)[C@@H](NC(=O)[C@@H](CC(C)C)N(C)C(=O)C(NC(=O)OC(C)(C)C)C(C)C)[C@@H](C)OC(=O)[C@H](Cc2ccc(OC)cc2)N(C)C(=O)C2CCCN2C(=O)[C@H](CC(C)C)NC(=O)[C@H](C(C)C)OC(=O)C[C@@H]1O. The number of benzene rings is 1. The topological polar surface area (TPSA) is 269 Å².